The molecule has 3 aromatic rings. The van der Waals surface area contributed by atoms with Gasteiger partial charge in [-0.1, -0.05) is 34.5 Å². The lowest BCUT2D eigenvalue weighted by Gasteiger charge is -2.35. The van der Waals surface area contributed by atoms with Crippen LogP contribution in [0.25, 0.3) is 11.3 Å². The highest BCUT2D eigenvalue weighted by atomic mass is 35.5. The van der Waals surface area contributed by atoms with Crippen LogP contribution < -0.4 is 16.0 Å². The fourth-order valence-electron chi connectivity index (χ4n) is 3.71. The van der Waals surface area contributed by atoms with Crippen molar-refractivity contribution >= 4 is 57.2 Å². The molecule has 0 bridgehead atoms. The van der Waals surface area contributed by atoms with Gasteiger partial charge in [-0.2, -0.15) is 0 Å². The molecule has 0 unspecified atom stereocenters. The first kappa shape index (κ1) is 24.6. The van der Waals surface area contributed by atoms with Crippen LogP contribution in [0.3, 0.4) is 0 Å². The van der Waals surface area contributed by atoms with E-state index < -0.39 is 11.7 Å². The number of anilines is 3. The summed E-state index contributed by atoms with van der Waals surface area (Å²) >= 11 is 13.4. The summed E-state index contributed by atoms with van der Waals surface area (Å²) in [6.45, 7) is 5.76. The van der Waals surface area contributed by atoms with Gasteiger partial charge in [-0.3, -0.25) is 9.69 Å². The van der Waals surface area contributed by atoms with E-state index in [-0.39, 0.29) is 32.8 Å². The number of hydrogen-bond acceptors (Lipinski definition) is 9. The number of aromatic nitrogens is 3. The van der Waals surface area contributed by atoms with Crippen molar-refractivity contribution in [2.75, 3.05) is 49.5 Å². The number of hydrogen-bond donors (Lipinski definition) is 3. The van der Waals surface area contributed by atoms with Gasteiger partial charge in [0.15, 0.2) is 5.13 Å². The summed E-state index contributed by atoms with van der Waals surface area (Å²) in [5.74, 6) is 0.504. The minimum Gasteiger partial charge on any atom is -0.395 e. The van der Waals surface area contributed by atoms with Gasteiger partial charge in [0, 0.05) is 44.4 Å². The van der Waals surface area contributed by atoms with Crippen molar-refractivity contribution in [3.8, 4) is 11.3 Å². The molecule has 0 spiro atoms. The minimum absolute atomic E-state index is 0.0184. The maximum atomic E-state index is 13.6. The van der Waals surface area contributed by atoms with Crippen molar-refractivity contribution in [1.82, 2.24) is 19.9 Å². The molecular weight excluding hydrogens is 504 g/mol. The van der Waals surface area contributed by atoms with Crippen molar-refractivity contribution in [1.29, 1.82) is 0 Å². The summed E-state index contributed by atoms with van der Waals surface area (Å²) in [4.78, 5) is 30.0. The molecule has 0 saturated carbocycles. The zero-order valence-corrected chi connectivity index (χ0v) is 20.5. The molecule has 4 rings (SSSR count). The second-order valence-electron chi connectivity index (χ2n) is 7.64. The van der Waals surface area contributed by atoms with Crippen LogP contribution in [0, 0.1) is 12.7 Å². The van der Waals surface area contributed by atoms with Gasteiger partial charge in [0.25, 0.3) is 5.91 Å². The van der Waals surface area contributed by atoms with Crippen molar-refractivity contribution in [3.05, 3.63) is 44.8 Å². The van der Waals surface area contributed by atoms with Gasteiger partial charge in [0.1, 0.15) is 28.2 Å². The third-order valence-corrected chi connectivity index (χ3v) is 6.85. The van der Waals surface area contributed by atoms with Crippen LogP contribution in [0.1, 0.15) is 15.5 Å². The van der Waals surface area contributed by atoms with E-state index in [0.717, 1.165) is 55.5 Å². The summed E-state index contributed by atoms with van der Waals surface area (Å²) < 4.78 is 13.6. The summed E-state index contributed by atoms with van der Waals surface area (Å²) in [6, 6.07) is 4.00. The number of aliphatic hydroxyl groups is 1. The molecule has 34 heavy (non-hydrogen) atoms. The van der Waals surface area contributed by atoms with Crippen LogP contribution in [0.4, 0.5) is 21.2 Å². The molecule has 1 aliphatic heterocycles. The SMILES string of the molecule is Cc1nc(Nc2nc(-c3c(Cl)cc(F)cc3Cl)c(C(N)=O)s2)cc(N2CCN(CCO)CC2)n1. The molecule has 1 aliphatic rings. The number of carbonyl (C=O) groups excluding carboxylic acids is 1. The lowest BCUT2D eigenvalue weighted by atomic mass is 10.1. The number of primary amides is 1. The summed E-state index contributed by atoms with van der Waals surface area (Å²) in [6.07, 6.45) is 0. The predicted molar refractivity (Wildman–Crippen MR) is 132 cm³/mol. The van der Waals surface area contributed by atoms with Crippen LogP contribution in [0.15, 0.2) is 18.2 Å². The van der Waals surface area contributed by atoms with E-state index in [4.69, 9.17) is 34.0 Å². The van der Waals surface area contributed by atoms with Crippen molar-refractivity contribution < 1.29 is 14.3 Å². The molecule has 13 heteroatoms. The molecule has 1 aromatic carbocycles. The maximum Gasteiger partial charge on any atom is 0.261 e. The topological polar surface area (TPSA) is 120 Å². The van der Waals surface area contributed by atoms with Crippen LogP contribution in [-0.4, -0.2) is 70.2 Å². The van der Waals surface area contributed by atoms with E-state index in [1.165, 1.54) is 0 Å². The van der Waals surface area contributed by atoms with Gasteiger partial charge in [0.2, 0.25) is 0 Å². The normalized spacial score (nSPS) is 14.4. The molecule has 4 N–H and O–H groups in total. The number of nitrogens with one attached hydrogen (secondary N) is 1. The van der Waals surface area contributed by atoms with Gasteiger partial charge in [-0.25, -0.2) is 19.3 Å². The first-order chi connectivity index (χ1) is 16.2. The average molecular weight is 526 g/mol. The Morgan fingerprint density at radius 3 is 2.47 bits per heavy atom. The number of aliphatic hydroxyl groups excluding tert-OH is 1. The lowest BCUT2D eigenvalue weighted by Crippen LogP contribution is -2.47. The van der Waals surface area contributed by atoms with Crippen LogP contribution >= 0.6 is 34.5 Å². The molecule has 1 amide bonds. The Morgan fingerprint density at radius 2 is 1.85 bits per heavy atom. The standard InChI is InChI=1S/C21H22Cl2FN7O2S/c1-11-26-15(10-16(27-11)31-4-2-30(3-5-31)6-7-32)28-21-29-18(19(34-21)20(25)33)17-13(22)8-12(24)9-14(17)23/h8-10,32H,2-7H2,1H3,(H2,25,33)(H,26,27,28,29). The zero-order chi connectivity index (χ0) is 24.4. The van der Waals surface area contributed by atoms with Gasteiger partial charge < -0.3 is 21.1 Å². The van der Waals surface area contributed by atoms with Gasteiger partial charge in [-0.05, 0) is 19.1 Å². The van der Waals surface area contributed by atoms with E-state index in [1.54, 1.807) is 13.0 Å². The molecular formula is C21H22Cl2FN7O2S. The number of halogens is 3. The molecule has 180 valence electrons. The molecule has 0 aliphatic carbocycles. The quantitative estimate of drug-likeness (QED) is 0.429. The molecule has 1 saturated heterocycles. The molecule has 9 nitrogen and oxygen atoms in total. The number of benzene rings is 1. The summed E-state index contributed by atoms with van der Waals surface area (Å²) in [5, 5.41) is 12.6. The Labute approximate surface area is 209 Å². The van der Waals surface area contributed by atoms with Crippen LogP contribution in [0.5, 0.6) is 0 Å². The molecule has 0 atom stereocenters. The molecule has 3 heterocycles. The fourth-order valence-corrected chi connectivity index (χ4v) is 5.18. The van der Waals surface area contributed by atoms with Gasteiger partial charge in [-0.15, -0.1) is 0 Å². The predicted octanol–water partition coefficient (Wildman–Crippen LogP) is 3.31. The van der Waals surface area contributed by atoms with E-state index in [2.05, 4.69) is 30.1 Å². The second-order valence-corrected chi connectivity index (χ2v) is 9.45. The number of carbonyl (C=O) groups is 1. The highest BCUT2D eigenvalue weighted by Gasteiger charge is 2.23. The first-order valence-electron chi connectivity index (χ1n) is 10.4. The molecule has 1 fully saturated rings. The van der Waals surface area contributed by atoms with E-state index in [1.807, 2.05) is 0 Å². The third-order valence-electron chi connectivity index (χ3n) is 5.27. The van der Waals surface area contributed by atoms with E-state index in [9.17, 15) is 9.18 Å². The Balaban J connectivity index is 1.62. The number of β-amino-alcohol motifs (C(OH)–C–C–N with tert-alkyl or cyclic N) is 1. The smallest absolute Gasteiger partial charge is 0.261 e. The number of nitrogens with zero attached hydrogens (tertiary/aromatic N) is 5. The number of rotatable bonds is 7. The number of amides is 1. The third kappa shape index (κ3) is 5.39. The Kier molecular flexibility index (Phi) is 7.48. The number of aryl methyl sites for hydroxylation is 1. The largest absolute Gasteiger partial charge is 0.395 e. The Bertz CT molecular complexity index is 1190. The fraction of sp³-hybridized carbons (Fsp3) is 0.333. The molecule has 0 radical (unpaired) electrons. The number of piperazine rings is 1. The highest BCUT2D eigenvalue weighted by molar-refractivity contribution is 7.18. The van der Waals surface area contributed by atoms with Gasteiger partial charge in [0.05, 0.1) is 22.3 Å². The average Bonchev–Trinajstić information content (AvgIpc) is 3.17. The van der Waals surface area contributed by atoms with Crippen molar-refractivity contribution in [2.45, 2.75) is 6.92 Å². The highest BCUT2D eigenvalue weighted by Crippen LogP contribution is 2.40. The minimum atomic E-state index is -0.711. The van der Waals surface area contributed by atoms with Crippen LogP contribution in [-0.2, 0) is 0 Å². The monoisotopic (exact) mass is 525 g/mol. The Hall–Kier alpha value is -2.57. The summed E-state index contributed by atoms with van der Waals surface area (Å²) in [5.41, 5.74) is 5.95. The van der Waals surface area contributed by atoms with Crippen molar-refractivity contribution in [2.24, 2.45) is 5.73 Å². The van der Waals surface area contributed by atoms with E-state index >= 15 is 0 Å². The summed E-state index contributed by atoms with van der Waals surface area (Å²) in [7, 11) is 0. The second kappa shape index (κ2) is 10.4. The molecule has 2 aromatic heterocycles. The zero-order valence-electron chi connectivity index (χ0n) is 18.2. The first-order valence-corrected chi connectivity index (χ1v) is 12.0. The number of thiazole rings is 1. The van der Waals surface area contributed by atoms with E-state index in [0.29, 0.717) is 23.3 Å². The van der Waals surface area contributed by atoms with Gasteiger partial charge >= 0.3 is 0 Å². The number of nitrogens with two attached hydrogens (primary N) is 1. The maximum absolute atomic E-state index is 13.6. The van der Waals surface area contributed by atoms with Crippen LogP contribution in [0.2, 0.25) is 10.0 Å². The van der Waals surface area contributed by atoms with Crippen molar-refractivity contribution in [3.63, 3.8) is 0 Å². The lowest BCUT2D eigenvalue weighted by molar-refractivity contribution is 0.100. The Morgan fingerprint density at radius 1 is 1.18 bits per heavy atom.